The molecule has 3 rings (SSSR count). The highest BCUT2D eigenvalue weighted by Crippen LogP contribution is 2.46. The van der Waals surface area contributed by atoms with Crippen molar-refractivity contribution >= 4 is 18.2 Å². The number of likely N-dealkylation sites (tertiary alicyclic amines) is 1. The molecule has 3 fully saturated rings. The van der Waals surface area contributed by atoms with Gasteiger partial charge in [0.05, 0.1) is 0 Å². The lowest BCUT2D eigenvalue weighted by Gasteiger charge is -2.25. The maximum absolute atomic E-state index is 11.9. The van der Waals surface area contributed by atoms with Crippen LogP contribution < -0.4 is 0 Å². The lowest BCUT2D eigenvalue weighted by Crippen LogP contribution is -2.34. The molecule has 86 valence electrons. The van der Waals surface area contributed by atoms with Gasteiger partial charge in [-0.05, 0) is 51.1 Å². The summed E-state index contributed by atoms with van der Waals surface area (Å²) in [5.41, 5.74) is 0. The lowest BCUT2D eigenvalue weighted by atomic mass is 9.87. The van der Waals surface area contributed by atoms with Crippen LogP contribution in [0.2, 0.25) is 0 Å². The molecule has 0 aromatic heterocycles. The molecule has 0 amide bonds. The summed E-state index contributed by atoms with van der Waals surface area (Å²) in [6.45, 7) is 3.56. The van der Waals surface area contributed by atoms with E-state index in [2.05, 4.69) is 4.90 Å². The Morgan fingerprint density at radius 2 is 1.93 bits per heavy atom. The first-order chi connectivity index (χ1) is 6.84. The quantitative estimate of drug-likeness (QED) is 0.723. The van der Waals surface area contributed by atoms with Crippen molar-refractivity contribution in [2.75, 3.05) is 19.6 Å². The van der Waals surface area contributed by atoms with E-state index in [9.17, 15) is 4.79 Å². The van der Waals surface area contributed by atoms with Crippen LogP contribution in [0.1, 0.15) is 32.1 Å². The molecule has 2 saturated carbocycles. The monoisotopic (exact) mass is 229 g/mol. The molecule has 0 aromatic carbocycles. The zero-order valence-electron chi connectivity index (χ0n) is 9.15. The van der Waals surface area contributed by atoms with Gasteiger partial charge >= 0.3 is 0 Å². The average molecular weight is 230 g/mol. The number of carbonyl (C=O) groups is 1. The summed E-state index contributed by atoms with van der Waals surface area (Å²) in [4.78, 5) is 14.4. The number of halogens is 1. The Kier molecular flexibility index (Phi) is 3.36. The van der Waals surface area contributed by atoms with E-state index in [1.165, 1.54) is 45.2 Å². The number of rotatable bonds is 2. The Morgan fingerprint density at radius 3 is 2.53 bits per heavy atom. The van der Waals surface area contributed by atoms with Crippen molar-refractivity contribution in [3.63, 3.8) is 0 Å². The maximum Gasteiger partial charge on any atom is 0.140 e. The molecule has 15 heavy (non-hydrogen) atoms. The summed E-state index contributed by atoms with van der Waals surface area (Å²) in [5.74, 6) is 2.25. The maximum atomic E-state index is 11.9. The Hall–Kier alpha value is -0.0800. The molecule has 0 aromatic rings. The highest BCUT2D eigenvalue weighted by Gasteiger charge is 2.46. The van der Waals surface area contributed by atoms with Crippen LogP contribution in [0.25, 0.3) is 0 Å². The molecule has 2 nitrogen and oxygen atoms in total. The summed E-state index contributed by atoms with van der Waals surface area (Å²) < 4.78 is 0. The number of carbonyl (C=O) groups excluding carboxylic acids is 1. The van der Waals surface area contributed by atoms with Gasteiger partial charge in [0.1, 0.15) is 5.78 Å². The molecule has 1 heterocycles. The minimum atomic E-state index is 0. The Bertz CT molecular complexity index is 250. The van der Waals surface area contributed by atoms with Crippen LogP contribution in [0.3, 0.4) is 0 Å². The summed E-state index contributed by atoms with van der Waals surface area (Å²) in [7, 11) is 0. The number of nitrogens with zero attached hydrogens (tertiary/aromatic N) is 1. The van der Waals surface area contributed by atoms with E-state index >= 15 is 0 Å². The predicted molar refractivity (Wildman–Crippen MR) is 62.3 cm³/mol. The first-order valence-corrected chi connectivity index (χ1v) is 6.10. The molecular weight excluding hydrogens is 210 g/mol. The second-order valence-electron chi connectivity index (χ2n) is 5.29. The Morgan fingerprint density at radius 1 is 1.20 bits per heavy atom. The van der Waals surface area contributed by atoms with Crippen molar-refractivity contribution in [1.82, 2.24) is 4.90 Å². The van der Waals surface area contributed by atoms with Crippen molar-refractivity contribution in [3.05, 3.63) is 0 Å². The first-order valence-electron chi connectivity index (χ1n) is 6.10. The second-order valence-corrected chi connectivity index (χ2v) is 5.29. The smallest absolute Gasteiger partial charge is 0.140 e. The Balaban J connectivity index is 0.000000853. The third-order valence-corrected chi connectivity index (χ3v) is 4.46. The molecule has 0 spiro atoms. The molecule has 3 heteroatoms. The van der Waals surface area contributed by atoms with E-state index in [4.69, 9.17) is 0 Å². The van der Waals surface area contributed by atoms with Crippen molar-refractivity contribution < 1.29 is 4.79 Å². The van der Waals surface area contributed by atoms with Gasteiger partial charge in [0, 0.05) is 18.4 Å². The molecule has 1 aliphatic heterocycles. The van der Waals surface area contributed by atoms with E-state index < -0.39 is 0 Å². The fourth-order valence-electron chi connectivity index (χ4n) is 3.66. The summed E-state index contributed by atoms with van der Waals surface area (Å²) in [6.07, 6.45) is 6.43. The molecular formula is C12H20ClNO. The zero-order valence-corrected chi connectivity index (χ0v) is 9.97. The van der Waals surface area contributed by atoms with E-state index in [-0.39, 0.29) is 12.4 Å². The van der Waals surface area contributed by atoms with Crippen LogP contribution in [-0.2, 0) is 4.79 Å². The molecule has 2 bridgehead atoms. The van der Waals surface area contributed by atoms with E-state index in [0.29, 0.717) is 17.6 Å². The number of hydrogen-bond acceptors (Lipinski definition) is 2. The van der Waals surface area contributed by atoms with E-state index in [1.54, 1.807) is 0 Å². The van der Waals surface area contributed by atoms with Gasteiger partial charge in [-0.1, -0.05) is 0 Å². The van der Waals surface area contributed by atoms with E-state index in [1.807, 2.05) is 0 Å². The normalized spacial score (nSPS) is 39.7. The fraction of sp³-hybridized carbons (Fsp3) is 0.917. The van der Waals surface area contributed by atoms with Gasteiger partial charge in [0.15, 0.2) is 0 Å². The van der Waals surface area contributed by atoms with Crippen LogP contribution in [0.15, 0.2) is 0 Å². The zero-order chi connectivity index (χ0) is 9.54. The third kappa shape index (κ3) is 1.94. The molecule has 0 radical (unpaired) electrons. The van der Waals surface area contributed by atoms with Gasteiger partial charge in [-0.3, -0.25) is 4.79 Å². The third-order valence-electron chi connectivity index (χ3n) is 4.46. The topological polar surface area (TPSA) is 20.3 Å². The minimum Gasteiger partial charge on any atom is -0.303 e. The number of ketones is 1. The number of hydrogen-bond donors (Lipinski definition) is 0. The second kappa shape index (κ2) is 4.42. The van der Waals surface area contributed by atoms with Gasteiger partial charge in [0.25, 0.3) is 0 Å². The van der Waals surface area contributed by atoms with Crippen LogP contribution in [0.5, 0.6) is 0 Å². The van der Waals surface area contributed by atoms with Gasteiger partial charge in [-0.2, -0.15) is 0 Å². The molecule has 2 aliphatic carbocycles. The molecule has 3 aliphatic rings. The molecule has 0 N–H and O–H groups in total. The largest absolute Gasteiger partial charge is 0.303 e. The number of Topliss-reactive ketones (excluding diaryl/α,β-unsaturated/α-hetero) is 1. The molecule has 1 saturated heterocycles. The van der Waals surface area contributed by atoms with Crippen molar-refractivity contribution in [2.45, 2.75) is 32.1 Å². The van der Waals surface area contributed by atoms with Crippen molar-refractivity contribution in [1.29, 1.82) is 0 Å². The SMILES string of the molecule is Cl.O=C1C2CCC(C2)C1CN1CCCC1. The first kappa shape index (κ1) is 11.4. The standard InChI is InChI=1S/C12H19NO.ClH/c14-12-10-4-3-9(7-10)11(12)8-13-5-1-2-6-13;/h9-11H,1-8H2;1H. The summed E-state index contributed by atoms with van der Waals surface area (Å²) >= 11 is 0. The highest BCUT2D eigenvalue weighted by molar-refractivity contribution is 5.87. The van der Waals surface area contributed by atoms with Gasteiger partial charge in [0.2, 0.25) is 0 Å². The van der Waals surface area contributed by atoms with Gasteiger partial charge in [-0.15, -0.1) is 12.4 Å². The summed E-state index contributed by atoms with van der Waals surface area (Å²) in [6, 6.07) is 0. The van der Waals surface area contributed by atoms with Crippen LogP contribution in [0, 0.1) is 17.8 Å². The van der Waals surface area contributed by atoms with E-state index in [0.717, 1.165) is 12.5 Å². The van der Waals surface area contributed by atoms with Crippen molar-refractivity contribution in [3.8, 4) is 0 Å². The van der Waals surface area contributed by atoms with Crippen molar-refractivity contribution in [2.24, 2.45) is 17.8 Å². The fourth-order valence-corrected chi connectivity index (χ4v) is 3.66. The molecule has 3 unspecified atom stereocenters. The minimum absolute atomic E-state index is 0. The van der Waals surface area contributed by atoms with Crippen LogP contribution >= 0.6 is 12.4 Å². The highest BCUT2D eigenvalue weighted by atomic mass is 35.5. The van der Waals surface area contributed by atoms with Crippen LogP contribution in [-0.4, -0.2) is 30.3 Å². The Labute approximate surface area is 97.8 Å². The molecule has 3 atom stereocenters. The average Bonchev–Trinajstić information content (AvgIpc) is 2.87. The number of fused-ring (bicyclic) bond motifs is 2. The summed E-state index contributed by atoms with van der Waals surface area (Å²) in [5, 5.41) is 0. The van der Waals surface area contributed by atoms with Crippen LogP contribution in [0.4, 0.5) is 0 Å². The van der Waals surface area contributed by atoms with Gasteiger partial charge in [-0.25, -0.2) is 0 Å². The van der Waals surface area contributed by atoms with Gasteiger partial charge < -0.3 is 4.90 Å². The predicted octanol–water partition coefficient (Wildman–Crippen LogP) is 2.12. The lowest BCUT2D eigenvalue weighted by molar-refractivity contribution is -0.126.